The fourth-order valence-corrected chi connectivity index (χ4v) is 3.62. The zero-order valence-corrected chi connectivity index (χ0v) is 10.5. The van der Waals surface area contributed by atoms with Crippen LogP contribution in [0.15, 0.2) is 21.9 Å². The standard InChI is InChI=1S/C8H11N3O4S2/c1-5-2-6-8(3-7(5)16(9,12)13)17(14,15)11-4-10-6/h2-3,10-11H,4H2,1H3,(H2,9,12,13). The minimum absolute atomic E-state index is 0.0729. The van der Waals surface area contributed by atoms with Gasteiger partial charge in [-0.25, -0.2) is 22.0 Å². The second-order valence-electron chi connectivity index (χ2n) is 3.66. The fraction of sp³-hybridized carbons (Fsp3) is 0.250. The highest BCUT2D eigenvalue weighted by Crippen LogP contribution is 2.29. The molecule has 1 heterocycles. The summed E-state index contributed by atoms with van der Waals surface area (Å²) < 4.78 is 48.2. The van der Waals surface area contributed by atoms with Gasteiger partial charge in [-0.2, -0.15) is 4.72 Å². The third-order valence-electron chi connectivity index (χ3n) is 2.41. The highest BCUT2D eigenvalue weighted by atomic mass is 32.2. The quantitative estimate of drug-likeness (QED) is 0.627. The van der Waals surface area contributed by atoms with E-state index in [0.29, 0.717) is 11.3 Å². The van der Waals surface area contributed by atoms with E-state index in [1.807, 2.05) is 0 Å². The number of nitrogens with two attached hydrogens (primary N) is 1. The highest BCUT2D eigenvalue weighted by molar-refractivity contribution is 7.90. The van der Waals surface area contributed by atoms with Crippen molar-refractivity contribution in [2.24, 2.45) is 5.14 Å². The van der Waals surface area contributed by atoms with E-state index in [0.717, 1.165) is 6.07 Å². The molecule has 0 bridgehead atoms. The lowest BCUT2D eigenvalue weighted by atomic mass is 10.2. The van der Waals surface area contributed by atoms with E-state index in [1.54, 1.807) is 6.92 Å². The van der Waals surface area contributed by atoms with Crippen LogP contribution in [0.3, 0.4) is 0 Å². The Morgan fingerprint density at radius 3 is 2.59 bits per heavy atom. The molecule has 9 heteroatoms. The number of hydrogen-bond acceptors (Lipinski definition) is 5. The lowest BCUT2D eigenvalue weighted by Gasteiger charge is -2.20. The first-order valence-electron chi connectivity index (χ1n) is 4.63. The van der Waals surface area contributed by atoms with Crippen LogP contribution in [-0.4, -0.2) is 23.5 Å². The van der Waals surface area contributed by atoms with Gasteiger partial charge in [0, 0.05) is 0 Å². The molecule has 17 heavy (non-hydrogen) atoms. The topological polar surface area (TPSA) is 118 Å². The summed E-state index contributed by atoms with van der Waals surface area (Å²) >= 11 is 0. The number of sulfonamides is 2. The average Bonchev–Trinajstić information content (AvgIpc) is 2.13. The second kappa shape index (κ2) is 3.67. The van der Waals surface area contributed by atoms with Crippen LogP contribution in [-0.2, 0) is 20.0 Å². The van der Waals surface area contributed by atoms with E-state index in [-0.39, 0.29) is 16.5 Å². The smallest absolute Gasteiger partial charge is 0.244 e. The first-order chi connectivity index (χ1) is 7.72. The molecular weight excluding hydrogens is 266 g/mol. The number of aryl methyl sites for hydroxylation is 1. The minimum atomic E-state index is -3.94. The maximum absolute atomic E-state index is 11.7. The Kier molecular flexibility index (Phi) is 2.65. The van der Waals surface area contributed by atoms with Crippen LogP contribution in [0, 0.1) is 6.92 Å². The average molecular weight is 277 g/mol. The molecule has 0 atom stereocenters. The zero-order chi connectivity index (χ0) is 12.8. The SMILES string of the molecule is Cc1cc2c(cc1S(N)(=O)=O)S(=O)(=O)NCN2. The molecule has 1 aliphatic heterocycles. The number of rotatable bonds is 1. The van der Waals surface area contributed by atoms with Crippen molar-refractivity contribution < 1.29 is 16.8 Å². The number of anilines is 1. The van der Waals surface area contributed by atoms with Crippen LogP contribution in [0.25, 0.3) is 0 Å². The van der Waals surface area contributed by atoms with Gasteiger partial charge in [-0.15, -0.1) is 0 Å². The predicted molar refractivity (Wildman–Crippen MR) is 61.4 cm³/mol. The maximum Gasteiger partial charge on any atom is 0.244 e. The van der Waals surface area contributed by atoms with Gasteiger partial charge in [-0.3, -0.25) is 0 Å². The number of hydrogen-bond donors (Lipinski definition) is 3. The Morgan fingerprint density at radius 2 is 2.00 bits per heavy atom. The summed E-state index contributed by atoms with van der Waals surface area (Å²) in [5.41, 5.74) is 0.768. The van der Waals surface area contributed by atoms with Crippen molar-refractivity contribution in [1.29, 1.82) is 0 Å². The summed E-state index contributed by atoms with van der Waals surface area (Å²) in [4.78, 5) is -0.302. The Labute approximate surface area is 99.1 Å². The van der Waals surface area contributed by atoms with Gasteiger partial charge in [0.15, 0.2) is 0 Å². The Bertz CT molecular complexity index is 679. The molecule has 0 saturated heterocycles. The molecule has 1 aromatic carbocycles. The van der Waals surface area contributed by atoms with Gasteiger partial charge in [0.05, 0.1) is 17.3 Å². The highest BCUT2D eigenvalue weighted by Gasteiger charge is 2.26. The molecule has 7 nitrogen and oxygen atoms in total. The molecule has 1 aromatic rings. The molecule has 0 aromatic heterocycles. The van der Waals surface area contributed by atoms with E-state index < -0.39 is 20.0 Å². The van der Waals surface area contributed by atoms with Crippen molar-refractivity contribution in [1.82, 2.24) is 4.72 Å². The summed E-state index contributed by atoms with van der Waals surface area (Å²) in [6, 6.07) is 2.52. The molecule has 0 amide bonds. The van der Waals surface area contributed by atoms with E-state index in [9.17, 15) is 16.8 Å². The predicted octanol–water partition coefficient (Wildman–Crippen LogP) is -0.696. The van der Waals surface area contributed by atoms with E-state index in [4.69, 9.17) is 5.14 Å². The molecule has 4 N–H and O–H groups in total. The lowest BCUT2D eigenvalue weighted by molar-refractivity contribution is 0.581. The molecule has 0 fully saturated rings. The van der Waals surface area contributed by atoms with E-state index in [1.165, 1.54) is 6.07 Å². The second-order valence-corrected chi connectivity index (χ2v) is 6.93. The molecule has 1 aliphatic rings. The number of primary sulfonamides is 1. The Hall–Kier alpha value is -1.16. The number of benzene rings is 1. The van der Waals surface area contributed by atoms with Crippen LogP contribution in [0.5, 0.6) is 0 Å². The van der Waals surface area contributed by atoms with Crippen molar-refractivity contribution in [2.45, 2.75) is 16.7 Å². The molecule has 0 radical (unpaired) electrons. The van der Waals surface area contributed by atoms with Crippen LogP contribution < -0.4 is 15.2 Å². The third-order valence-corrected chi connectivity index (χ3v) is 4.91. The van der Waals surface area contributed by atoms with E-state index >= 15 is 0 Å². The first kappa shape index (κ1) is 12.3. The number of nitrogens with one attached hydrogen (secondary N) is 2. The maximum atomic E-state index is 11.7. The van der Waals surface area contributed by atoms with Crippen LogP contribution in [0.4, 0.5) is 5.69 Å². The monoisotopic (exact) mass is 277 g/mol. The molecule has 94 valence electrons. The van der Waals surface area contributed by atoms with Gasteiger partial charge in [0.2, 0.25) is 20.0 Å². The van der Waals surface area contributed by atoms with Crippen LogP contribution in [0.1, 0.15) is 5.56 Å². The summed E-state index contributed by atoms with van der Waals surface area (Å²) in [5.74, 6) is 0. The van der Waals surface area contributed by atoms with Crippen LogP contribution >= 0.6 is 0 Å². The van der Waals surface area contributed by atoms with Gasteiger partial charge in [-0.05, 0) is 24.6 Å². The van der Waals surface area contributed by atoms with Gasteiger partial charge >= 0.3 is 0 Å². The molecule has 0 aliphatic carbocycles. The van der Waals surface area contributed by atoms with Gasteiger partial charge in [0.25, 0.3) is 0 Å². The molecular formula is C8H11N3O4S2. The molecule has 0 unspecified atom stereocenters. The third kappa shape index (κ3) is 2.14. The van der Waals surface area contributed by atoms with Crippen molar-refractivity contribution in [3.05, 3.63) is 17.7 Å². The van der Waals surface area contributed by atoms with Gasteiger partial charge in [0.1, 0.15) is 4.90 Å². The Balaban J connectivity index is 2.79. The lowest BCUT2D eigenvalue weighted by Crippen LogP contribution is -2.35. The van der Waals surface area contributed by atoms with Gasteiger partial charge in [-0.1, -0.05) is 0 Å². The fourth-order valence-electron chi connectivity index (χ4n) is 1.64. The van der Waals surface area contributed by atoms with Crippen molar-refractivity contribution >= 4 is 25.7 Å². The van der Waals surface area contributed by atoms with Crippen LogP contribution in [0.2, 0.25) is 0 Å². The van der Waals surface area contributed by atoms with Gasteiger partial charge < -0.3 is 5.32 Å². The largest absolute Gasteiger partial charge is 0.370 e. The molecule has 0 saturated carbocycles. The van der Waals surface area contributed by atoms with Crippen molar-refractivity contribution in [3.8, 4) is 0 Å². The molecule has 2 rings (SSSR count). The normalized spacial score (nSPS) is 18.2. The summed E-state index contributed by atoms with van der Waals surface area (Å²) in [7, 11) is -7.61. The molecule has 0 spiro atoms. The number of fused-ring (bicyclic) bond motifs is 1. The zero-order valence-electron chi connectivity index (χ0n) is 8.89. The van der Waals surface area contributed by atoms with Crippen molar-refractivity contribution in [2.75, 3.05) is 12.0 Å². The van der Waals surface area contributed by atoms with Crippen molar-refractivity contribution in [3.63, 3.8) is 0 Å². The summed E-state index contributed by atoms with van der Waals surface area (Å²) in [6.07, 6.45) is 0. The Morgan fingerprint density at radius 1 is 1.35 bits per heavy atom. The minimum Gasteiger partial charge on any atom is -0.370 e. The van der Waals surface area contributed by atoms with E-state index in [2.05, 4.69) is 10.0 Å². The summed E-state index contributed by atoms with van der Waals surface area (Å²) in [6.45, 7) is 1.62. The summed E-state index contributed by atoms with van der Waals surface area (Å²) in [5, 5.41) is 7.83. The first-order valence-corrected chi connectivity index (χ1v) is 7.66.